The lowest BCUT2D eigenvalue weighted by Crippen LogP contribution is -2.31. The number of rotatable bonds is 4. The molecule has 0 saturated carbocycles. The van der Waals surface area contributed by atoms with Crippen LogP contribution in [0.2, 0.25) is 0 Å². The SMILES string of the molecule is O=C(O)CNCn1cnc2ccccc2c1=O. The molecule has 0 aliphatic carbocycles. The van der Waals surface area contributed by atoms with Crippen LogP contribution >= 0.6 is 0 Å². The van der Waals surface area contributed by atoms with Crippen LogP contribution in [0.15, 0.2) is 35.4 Å². The van der Waals surface area contributed by atoms with Crippen LogP contribution in [0.3, 0.4) is 0 Å². The highest BCUT2D eigenvalue weighted by molar-refractivity contribution is 5.76. The minimum absolute atomic E-state index is 0.128. The van der Waals surface area contributed by atoms with Gasteiger partial charge >= 0.3 is 5.97 Å². The Morgan fingerprint density at radius 2 is 2.18 bits per heavy atom. The zero-order valence-corrected chi connectivity index (χ0v) is 8.96. The summed E-state index contributed by atoms with van der Waals surface area (Å²) in [6.45, 7) is -0.0672. The van der Waals surface area contributed by atoms with Gasteiger partial charge < -0.3 is 5.11 Å². The molecule has 17 heavy (non-hydrogen) atoms. The van der Waals surface area contributed by atoms with E-state index in [2.05, 4.69) is 10.3 Å². The lowest BCUT2D eigenvalue weighted by molar-refractivity contribution is -0.136. The van der Waals surface area contributed by atoms with Gasteiger partial charge in [0.25, 0.3) is 5.56 Å². The van der Waals surface area contributed by atoms with Crippen LogP contribution in [0.4, 0.5) is 0 Å². The number of benzene rings is 1. The number of fused-ring (bicyclic) bond motifs is 1. The first kappa shape index (κ1) is 11.3. The molecule has 0 bridgehead atoms. The van der Waals surface area contributed by atoms with Crippen LogP contribution in [-0.2, 0) is 11.5 Å². The molecule has 2 rings (SSSR count). The Hall–Kier alpha value is -2.21. The maximum atomic E-state index is 11.9. The van der Waals surface area contributed by atoms with Crippen molar-refractivity contribution in [2.75, 3.05) is 6.54 Å². The van der Waals surface area contributed by atoms with E-state index in [4.69, 9.17) is 5.11 Å². The van der Waals surface area contributed by atoms with E-state index in [0.717, 1.165) is 0 Å². The Kier molecular flexibility index (Phi) is 3.15. The molecule has 0 unspecified atom stereocenters. The van der Waals surface area contributed by atoms with Crippen LogP contribution < -0.4 is 10.9 Å². The molecule has 0 aliphatic heterocycles. The van der Waals surface area contributed by atoms with Crippen LogP contribution in [-0.4, -0.2) is 27.2 Å². The smallest absolute Gasteiger partial charge is 0.317 e. The number of carboxylic acid groups (broad SMARTS) is 1. The summed E-state index contributed by atoms with van der Waals surface area (Å²) in [6.07, 6.45) is 1.40. The second kappa shape index (κ2) is 4.75. The van der Waals surface area contributed by atoms with E-state index >= 15 is 0 Å². The molecule has 2 N–H and O–H groups in total. The third-order valence-corrected chi connectivity index (χ3v) is 2.29. The lowest BCUT2D eigenvalue weighted by atomic mass is 10.2. The molecule has 1 aromatic carbocycles. The Labute approximate surface area is 96.5 Å². The van der Waals surface area contributed by atoms with Crippen molar-refractivity contribution in [3.8, 4) is 0 Å². The number of aliphatic carboxylic acids is 1. The molecular weight excluding hydrogens is 222 g/mol. The molecule has 88 valence electrons. The summed E-state index contributed by atoms with van der Waals surface area (Å²) in [7, 11) is 0. The molecule has 6 heteroatoms. The first-order chi connectivity index (χ1) is 8.18. The zero-order valence-electron chi connectivity index (χ0n) is 8.96. The fraction of sp³-hybridized carbons (Fsp3) is 0.182. The number of hydrogen-bond donors (Lipinski definition) is 2. The van der Waals surface area contributed by atoms with Crippen LogP contribution in [0, 0.1) is 0 Å². The largest absolute Gasteiger partial charge is 0.480 e. The highest BCUT2D eigenvalue weighted by Gasteiger charge is 2.03. The summed E-state index contributed by atoms with van der Waals surface area (Å²) in [5, 5.41) is 11.6. The van der Waals surface area contributed by atoms with E-state index in [9.17, 15) is 9.59 Å². The normalized spacial score (nSPS) is 10.6. The minimum Gasteiger partial charge on any atom is -0.480 e. The van der Waals surface area contributed by atoms with Crippen molar-refractivity contribution in [1.82, 2.24) is 14.9 Å². The van der Waals surface area contributed by atoms with Crippen molar-refractivity contribution in [3.63, 3.8) is 0 Å². The van der Waals surface area contributed by atoms with Gasteiger partial charge in [0, 0.05) is 0 Å². The van der Waals surface area contributed by atoms with Gasteiger partial charge in [0.2, 0.25) is 0 Å². The van der Waals surface area contributed by atoms with E-state index < -0.39 is 5.97 Å². The van der Waals surface area contributed by atoms with Crippen LogP contribution in [0.5, 0.6) is 0 Å². The average molecular weight is 233 g/mol. The number of carbonyl (C=O) groups is 1. The van der Waals surface area contributed by atoms with Crippen molar-refractivity contribution in [2.45, 2.75) is 6.67 Å². The van der Waals surface area contributed by atoms with Gasteiger partial charge in [0.05, 0.1) is 30.4 Å². The van der Waals surface area contributed by atoms with Crippen molar-refractivity contribution in [3.05, 3.63) is 40.9 Å². The predicted octanol–water partition coefficient (Wildman–Crippen LogP) is 0.0282. The molecule has 0 aliphatic rings. The van der Waals surface area contributed by atoms with E-state index in [1.165, 1.54) is 10.9 Å². The number of para-hydroxylation sites is 1. The summed E-state index contributed by atoms with van der Waals surface area (Å²) < 4.78 is 1.34. The van der Waals surface area contributed by atoms with Crippen molar-refractivity contribution < 1.29 is 9.90 Å². The van der Waals surface area contributed by atoms with Gasteiger partial charge in [-0.05, 0) is 12.1 Å². The molecule has 0 spiro atoms. The fourth-order valence-electron chi connectivity index (χ4n) is 1.50. The molecule has 0 radical (unpaired) electrons. The summed E-state index contributed by atoms with van der Waals surface area (Å²) in [5.74, 6) is -0.966. The van der Waals surface area contributed by atoms with Crippen molar-refractivity contribution >= 4 is 16.9 Å². The summed E-state index contributed by atoms with van der Waals surface area (Å²) >= 11 is 0. The summed E-state index contributed by atoms with van der Waals surface area (Å²) in [6, 6.07) is 7.02. The minimum atomic E-state index is -0.966. The quantitative estimate of drug-likeness (QED) is 0.778. The monoisotopic (exact) mass is 233 g/mol. The van der Waals surface area contributed by atoms with Crippen molar-refractivity contribution in [1.29, 1.82) is 0 Å². The Balaban J connectivity index is 2.27. The summed E-state index contributed by atoms with van der Waals surface area (Å²) in [4.78, 5) is 26.4. The third kappa shape index (κ3) is 2.48. The van der Waals surface area contributed by atoms with Crippen LogP contribution in [0.1, 0.15) is 0 Å². The molecule has 1 heterocycles. The maximum Gasteiger partial charge on any atom is 0.317 e. The molecule has 6 nitrogen and oxygen atoms in total. The van der Waals surface area contributed by atoms with E-state index in [1.54, 1.807) is 18.2 Å². The number of nitrogens with zero attached hydrogens (tertiary/aromatic N) is 2. The Morgan fingerprint density at radius 3 is 2.94 bits per heavy atom. The number of hydrogen-bond acceptors (Lipinski definition) is 4. The molecular formula is C11H11N3O3. The third-order valence-electron chi connectivity index (χ3n) is 2.29. The van der Waals surface area contributed by atoms with Crippen LogP contribution in [0.25, 0.3) is 10.9 Å². The molecule has 1 aromatic heterocycles. The predicted molar refractivity (Wildman–Crippen MR) is 61.6 cm³/mol. The van der Waals surface area contributed by atoms with Gasteiger partial charge in [-0.25, -0.2) is 4.98 Å². The fourth-order valence-corrected chi connectivity index (χ4v) is 1.50. The van der Waals surface area contributed by atoms with Gasteiger partial charge in [-0.15, -0.1) is 0 Å². The highest BCUT2D eigenvalue weighted by atomic mass is 16.4. The second-order valence-corrected chi connectivity index (χ2v) is 3.52. The second-order valence-electron chi connectivity index (χ2n) is 3.52. The number of carboxylic acids is 1. The Morgan fingerprint density at radius 1 is 1.41 bits per heavy atom. The summed E-state index contributed by atoms with van der Waals surface area (Å²) in [5.41, 5.74) is 0.445. The number of aromatic nitrogens is 2. The lowest BCUT2D eigenvalue weighted by Gasteiger charge is -2.06. The van der Waals surface area contributed by atoms with Crippen molar-refractivity contribution in [2.24, 2.45) is 0 Å². The molecule has 2 aromatic rings. The van der Waals surface area contributed by atoms with E-state index in [1.807, 2.05) is 6.07 Å². The van der Waals surface area contributed by atoms with Gasteiger partial charge in [-0.2, -0.15) is 0 Å². The average Bonchev–Trinajstić information content (AvgIpc) is 2.32. The molecule has 0 atom stereocenters. The maximum absolute atomic E-state index is 11.9. The first-order valence-electron chi connectivity index (χ1n) is 5.05. The standard InChI is InChI=1S/C11H11N3O3/c15-10(16)5-12-6-14-7-13-9-4-2-1-3-8(9)11(14)17/h1-4,7,12H,5-6H2,(H,15,16). The molecule has 0 saturated heterocycles. The van der Waals surface area contributed by atoms with E-state index in [0.29, 0.717) is 10.9 Å². The van der Waals surface area contributed by atoms with Gasteiger partial charge in [-0.3, -0.25) is 19.5 Å². The zero-order chi connectivity index (χ0) is 12.3. The number of nitrogens with one attached hydrogen (secondary N) is 1. The van der Waals surface area contributed by atoms with Gasteiger partial charge in [0.1, 0.15) is 0 Å². The van der Waals surface area contributed by atoms with Gasteiger partial charge in [0.15, 0.2) is 0 Å². The first-order valence-corrected chi connectivity index (χ1v) is 5.05. The Bertz CT molecular complexity index is 606. The topological polar surface area (TPSA) is 84.2 Å². The molecule has 0 amide bonds. The molecule has 0 fully saturated rings. The highest BCUT2D eigenvalue weighted by Crippen LogP contribution is 2.03. The van der Waals surface area contributed by atoms with E-state index in [-0.39, 0.29) is 18.8 Å². The van der Waals surface area contributed by atoms with Gasteiger partial charge in [-0.1, -0.05) is 12.1 Å².